The standard InChI is InChI=1S/C25H30N4O/c1-19-7-6-10-22(17-19)29-15-13-28(14-16-29)12-5-4-9-21-18-20-8-2-3-11-23(20)27-24(21)25(26)30/h2-3,6-8,10-11,17-18H,4-5,9,12-16H2,1H3,(H2,26,30). The van der Waals surface area contributed by atoms with Gasteiger partial charge in [-0.3, -0.25) is 9.69 Å². The zero-order chi connectivity index (χ0) is 20.9. The summed E-state index contributed by atoms with van der Waals surface area (Å²) in [5.74, 6) is -0.442. The summed E-state index contributed by atoms with van der Waals surface area (Å²) in [6.07, 6.45) is 2.97. The summed E-state index contributed by atoms with van der Waals surface area (Å²) in [4.78, 5) is 21.4. The third kappa shape index (κ3) is 4.79. The summed E-state index contributed by atoms with van der Waals surface area (Å²) < 4.78 is 0. The number of unbranched alkanes of at least 4 members (excludes halogenated alkanes) is 1. The number of nitrogens with two attached hydrogens (primary N) is 1. The molecule has 0 aliphatic carbocycles. The first-order valence-corrected chi connectivity index (χ1v) is 10.8. The van der Waals surface area contributed by atoms with Gasteiger partial charge >= 0.3 is 0 Å². The number of hydrogen-bond donors (Lipinski definition) is 1. The second kappa shape index (κ2) is 9.26. The molecule has 30 heavy (non-hydrogen) atoms. The number of rotatable bonds is 7. The highest BCUT2D eigenvalue weighted by atomic mass is 16.1. The first-order chi connectivity index (χ1) is 14.6. The minimum absolute atomic E-state index is 0.417. The van der Waals surface area contributed by atoms with Crippen LogP contribution in [-0.2, 0) is 6.42 Å². The Morgan fingerprint density at radius 1 is 1.00 bits per heavy atom. The molecule has 0 spiro atoms. The number of carbonyl (C=O) groups excluding carboxylic acids is 1. The SMILES string of the molecule is Cc1cccc(N2CCN(CCCCc3cc4ccccc4nc3C(N)=O)CC2)c1. The van der Waals surface area contributed by atoms with E-state index in [-0.39, 0.29) is 0 Å². The molecule has 1 amide bonds. The van der Waals surface area contributed by atoms with E-state index in [1.54, 1.807) is 0 Å². The summed E-state index contributed by atoms with van der Waals surface area (Å²) in [6, 6.07) is 18.7. The smallest absolute Gasteiger partial charge is 0.267 e. The third-order valence-corrected chi connectivity index (χ3v) is 5.95. The third-order valence-electron chi connectivity index (χ3n) is 5.95. The number of carbonyl (C=O) groups is 1. The Kier molecular flexibility index (Phi) is 6.29. The maximum Gasteiger partial charge on any atom is 0.267 e. The number of fused-ring (bicyclic) bond motifs is 1. The van der Waals surface area contributed by atoms with Gasteiger partial charge < -0.3 is 10.6 Å². The molecule has 0 unspecified atom stereocenters. The van der Waals surface area contributed by atoms with Gasteiger partial charge in [0.2, 0.25) is 0 Å². The molecule has 1 aliphatic heterocycles. The van der Waals surface area contributed by atoms with Crippen molar-refractivity contribution in [2.45, 2.75) is 26.2 Å². The quantitative estimate of drug-likeness (QED) is 0.611. The fourth-order valence-corrected chi connectivity index (χ4v) is 4.27. The Morgan fingerprint density at radius 3 is 2.57 bits per heavy atom. The van der Waals surface area contributed by atoms with Crippen LogP contribution in [0, 0.1) is 6.92 Å². The summed E-state index contributed by atoms with van der Waals surface area (Å²) in [5, 5.41) is 1.06. The molecule has 5 nitrogen and oxygen atoms in total. The van der Waals surface area contributed by atoms with Crippen LogP contribution in [0.4, 0.5) is 5.69 Å². The largest absolute Gasteiger partial charge is 0.369 e. The van der Waals surface area contributed by atoms with E-state index in [9.17, 15) is 4.79 Å². The number of piperazine rings is 1. The van der Waals surface area contributed by atoms with Crippen molar-refractivity contribution in [2.24, 2.45) is 5.73 Å². The van der Waals surface area contributed by atoms with Gasteiger partial charge in [0.25, 0.3) is 5.91 Å². The predicted molar refractivity (Wildman–Crippen MR) is 123 cm³/mol. The number of hydrogen-bond acceptors (Lipinski definition) is 4. The molecule has 1 saturated heterocycles. The number of pyridine rings is 1. The van der Waals surface area contributed by atoms with Gasteiger partial charge in [-0.1, -0.05) is 30.3 Å². The highest BCUT2D eigenvalue weighted by Crippen LogP contribution is 2.20. The number of benzene rings is 2. The minimum Gasteiger partial charge on any atom is -0.369 e. The first-order valence-electron chi connectivity index (χ1n) is 10.8. The van der Waals surface area contributed by atoms with Gasteiger partial charge in [-0.05, 0) is 68.1 Å². The molecule has 0 atom stereocenters. The van der Waals surface area contributed by atoms with Crippen molar-refractivity contribution in [3.05, 3.63) is 71.4 Å². The second-order valence-corrected chi connectivity index (χ2v) is 8.18. The number of aryl methyl sites for hydroxylation is 2. The first kappa shape index (κ1) is 20.4. The van der Waals surface area contributed by atoms with Crippen molar-refractivity contribution in [2.75, 3.05) is 37.6 Å². The van der Waals surface area contributed by atoms with E-state index in [1.165, 1.54) is 11.3 Å². The summed E-state index contributed by atoms with van der Waals surface area (Å²) in [7, 11) is 0. The molecular formula is C25H30N4O. The lowest BCUT2D eigenvalue weighted by Gasteiger charge is -2.36. The van der Waals surface area contributed by atoms with Crippen LogP contribution in [0.15, 0.2) is 54.6 Å². The zero-order valence-electron chi connectivity index (χ0n) is 17.7. The van der Waals surface area contributed by atoms with Gasteiger partial charge in [0.15, 0.2) is 0 Å². The average Bonchev–Trinajstić information content (AvgIpc) is 2.76. The number of para-hydroxylation sites is 1. The minimum atomic E-state index is -0.442. The van der Waals surface area contributed by atoms with Crippen molar-refractivity contribution >= 4 is 22.5 Å². The lowest BCUT2D eigenvalue weighted by Crippen LogP contribution is -2.46. The fourth-order valence-electron chi connectivity index (χ4n) is 4.27. The highest BCUT2D eigenvalue weighted by Gasteiger charge is 2.17. The van der Waals surface area contributed by atoms with Gasteiger partial charge in [-0.2, -0.15) is 0 Å². The molecule has 4 rings (SSSR count). The maximum absolute atomic E-state index is 11.9. The zero-order valence-corrected chi connectivity index (χ0v) is 17.7. The van der Waals surface area contributed by atoms with Gasteiger partial charge in [0, 0.05) is 37.3 Å². The summed E-state index contributed by atoms with van der Waals surface area (Å²) in [6.45, 7) is 7.58. The molecule has 5 heteroatoms. The molecule has 1 aliphatic rings. The van der Waals surface area contributed by atoms with Gasteiger partial charge in [-0.15, -0.1) is 0 Å². The number of nitrogens with zero attached hydrogens (tertiary/aromatic N) is 3. The molecule has 1 fully saturated rings. The highest BCUT2D eigenvalue weighted by molar-refractivity contribution is 5.95. The normalized spacial score (nSPS) is 14.9. The van der Waals surface area contributed by atoms with E-state index in [0.717, 1.165) is 68.5 Å². The molecule has 156 valence electrons. The Bertz CT molecular complexity index is 1020. The Balaban J connectivity index is 1.28. The van der Waals surface area contributed by atoms with E-state index in [2.05, 4.69) is 52.0 Å². The van der Waals surface area contributed by atoms with Crippen molar-refractivity contribution in [1.29, 1.82) is 0 Å². The van der Waals surface area contributed by atoms with Gasteiger partial charge in [0.05, 0.1) is 5.52 Å². The second-order valence-electron chi connectivity index (χ2n) is 8.18. The van der Waals surface area contributed by atoms with E-state index in [4.69, 9.17) is 5.73 Å². The van der Waals surface area contributed by atoms with E-state index >= 15 is 0 Å². The van der Waals surface area contributed by atoms with Crippen LogP contribution < -0.4 is 10.6 Å². The Hall–Kier alpha value is -2.92. The maximum atomic E-state index is 11.9. The molecule has 2 N–H and O–H groups in total. The summed E-state index contributed by atoms with van der Waals surface area (Å²) >= 11 is 0. The topological polar surface area (TPSA) is 62.5 Å². The van der Waals surface area contributed by atoms with Gasteiger partial charge in [0.1, 0.15) is 5.69 Å². The van der Waals surface area contributed by atoms with Crippen LogP contribution in [0.2, 0.25) is 0 Å². The molecule has 0 radical (unpaired) electrons. The molecule has 2 aromatic carbocycles. The van der Waals surface area contributed by atoms with E-state index in [0.29, 0.717) is 5.69 Å². The molecular weight excluding hydrogens is 372 g/mol. The lowest BCUT2D eigenvalue weighted by molar-refractivity contribution is 0.0995. The van der Waals surface area contributed by atoms with Crippen LogP contribution in [0.25, 0.3) is 10.9 Å². The Morgan fingerprint density at radius 2 is 1.80 bits per heavy atom. The van der Waals surface area contributed by atoms with E-state index in [1.807, 2.05) is 24.3 Å². The van der Waals surface area contributed by atoms with Crippen LogP contribution in [-0.4, -0.2) is 48.5 Å². The molecule has 2 heterocycles. The number of amides is 1. The van der Waals surface area contributed by atoms with Crippen LogP contribution in [0.5, 0.6) is 0 Å². The predicted octanol–water partition coefficient (Wildman–Crippen LogP) is 3.79. The van der Waals surface area contributed by atoms with Gasteiger partial charge in [-0.25, -0.2) is 4.98 Å². The van der Waals surface area contributed by atoms with Crippen LogP contribution >= 0.6 is 0 Å². The van der Waals surface area contributed by atoms with E-state index < -0.39 is 5.91 Å². The van der Waals surface area contributed by atoms with Crippen LogP contribution in [0.3, 0.4) is 0 Å². The monoisotopic (exact) mass is 402 g/mol. The van der Waals surface area contributed by atoms with Crippen molar-refractivity contribution < 1.29 is 4.79 Å². The molecule has 0 bridgehead atoms. The Labute approximate surface area is 178 Å². The average molecular weight is 403 g/mol. The molecule has 3 aromatic rings. The lowest BCUT2D eigenvalue weighted by atomic mass is 10.0. The summed E-state index contributed by atoms with van der Waals surface area (Å²) in [5.41, 5.74) is 10.4. The molecule has 1 aromatic heterocycles. The number of anilines is 1. The fraction of sp³-hybridized carbons (Fsp3) is 0.360. The van der Waals surface area contributed by atoms with Crippen molar-refractivity contribution in [3.63, 3.8) is 0 Å². The van der Waals surface area contributed by atoms with Crippen molar-refractivity contribution in [1.82, 2.24) is 9.88 Å². The molecule has 0 saturated carbocycles. The van der Waals surface area contributed by atoms with Crippen LogP contribution in [0.1, 0.15) is 34.5 Å². The van der Waals surface area contributed by atoms with Crippen molar-refractivity contribution in [3.8, 4) is 0 Å². The number of primary amides is 1. The number of aromatic nitrogens is 1.